The van der Waals surface area contributed by atoms with E-state index >= 15 is 0 Å². The van der Waals surface area contributed by atoms with Crippen LogP contribution in [0.2, 0.25) is 0 Å². The van der Waals surface area contributed by atoms with Crippen LogP contribution >= 0.6 is 15.9 Å². The minimum atomic E-state index is -1.77. The second-order valence-corrected chi connectivity index (χ2v) is 6.72. The van der Waals surface area contributed by atoms with Crippen LogP contribution in [0.4, 0.5) is 23.2 Å². The Bertz CT molecular complexity index is 750. The number of fused-ring (bicyclic) bond motifs is 5. The molecule has 1 saturated carbocycles. The molecule has 2 fully saturated rings. The Kier molecular flexibility index (Phi) is 3.01. The SMILES string of the molecule is O=C1C2C3C=CC(C3)C2C(=O)N1c1c(F)c(F)c(Br)c(F)c1F. The summed E-state index contributed by atoms with van der Waals surface area (Å²) in [7, 11) is 0. The number of imide groups is 1. The lowest BCUT2D eigenvalue weighted by molar-refractivity contribution is -0.123. The van der Waals surface area contributed by atoms with E-state index in [1.54, 1.807) is 12.2 Å². The summed E-state index contributed by atoms with van der Waals surface area (Å²) >= 11 is 2.40. The predicted octanol–water partition coefficient (Wildman–Crippen LogP) is 3.32. The Morgan fingerprint density at radius 2 is 1.30 bits per heavy atom. The van der Waals surface area contributed by atoms with Crippen LogP contribution in [0, 0.1) is 46.9 Å². The second-order valence-electron chi connectivity index (χ2n) is 5.93. The van der Waals surface area contributed by atoms with E-state index in [1.165, 1.54) is 0 Å². The minimum absolute atomic E-state index is 0.178. The van der Waals surface area contributed by atoms with Crippen LogP contribution in [0.5, 0.6) is 0 Å². The fourth-order valence-corrected chi connectivity index (χ4v) is 4.26. The highest BCUT2D eigenvalue weighted by Crippen LogP contribution is 2.53. The molecule has 3 aliphatic rings. The van der Waals surface area contributed by atoms with Gasteiger partial charge in [0.2, 0.25) is 11.8 Å². The van der Waals surface area contributed by atoms with Crippen LogP contribution in [0.15, 0.2) is 16.6 Å². The number of hydrogen-bond acceptors (Lipinski definition) is 2. The zero-order valence-electron chi connectivity index (χ0n) is 11.3. The van der Waals surface area contributed by atoms with Crippen LogP contribution in [-0.2, 0) is 9.59 Å². The van der Waals surface area contributed by atoms with E-state index in [4.69, 9.17) is 0 Å². The number of carbonyl (C=O) groups is 2. The molecule has 0 radical (unpaired) electrons. The van der Waals surface area contributed by atoms with Gasteiger partial charge in [0.1, 0.15) is 5.69 Å². The van der Waals surface area contributed by atoms with E-state index in [0.717, 1.165) is 0 Å². The molecule has 4 rings (SSSR count). The summed E-state index contributed by atoms with van der Waals surface area (Å²) < 4.78 is 54.6. The van der Waals surface area contributed by atoms with Crippen LogP contribution < -0.4 is 4.90 Å². The lowest BCUT2D eigenvalue weighted by Gasteiger charge is -2.19. The molecule has 1 heterocycles. The van der Waals surface area contributed by atoms with E-state index < -0.39 is 57.1 Å². The third-order valence-electron chi connectivity index (χ3n) is 4.88. The van der Waals surface area contributed by atoms with Crippen LogP contribution in [-0.4, -0.2) is 11.8 Å². The van der Waals surface area contributed by atoms with Crippen molar-refractivity contribution in [1.29, 1.82) is 0 Å². The molecular weight excluding hydrogens is 382 g/mol. The highest BCUT2D eigenvalue weighted by molar-refractivity contribution is 9.10. The lowest BCUT2D eigenvalue weighted by Crippen LogP contribution is -2.35. The lowest BCUT2D eigenvalue weighted by atomic mass is 9.85. The van der Waals surface area contributed by atoms with Crippen molar-refractivity contribution in [3.63, 3.8) is 0 Å². The summed E-state index contributed by atoms with van der Waals surface area (Å²) in [5, 5.41) is 0. The van der Waals surface area contributed by atoms with Crippen molar-refractivity contribution >= 4 is 33.4 Å². The molecule has 23 heavy (non-hydrogen) atoms. The van der Waals surface area contributed by atoms with Crippen LogP contribution in [0.1, 0.15) is 6.42 Å². The van der Waals surface area contributed by atoms with Gasteiger partial charge in [-0.3, -0.25) is 9.59 Å². The van der Waals surface area contributed by atoms with Crippen molar-refractivity contribution in [2.75, 3.05) is 4.90 Å². The number of amides is 2. The second kappa shape index (κ2) is 4.66. The first-order valence-electron chi connectivity index (χ1n) is 6.92. The first kappa shape index (κ1) is 14.9. The summed E-state index contributed by atoms with van der Waals surface area (Å²) in [4.78, 5) is 25.2. The van der Waals surface area contributed by atoms with Crippen molar-refractivity contribution in [2.24, 2.45) is 23.7 Å². The average Bonchev–Trinajstić information content (AvgIpc) is 3.20. The summed E-state index contributed by atoms with van der Waals surface area (Å²) in [6, 6.07) is 0. The van der Waals surface area contributed by atoms with Gasteiger partial charge in [0, 0.05) is 0 Å². The molecule has 0 aromatic heterocycles. The monoisotopic (exact) mass is 389 g/mol. The van der Waals surface area contributed by atoms with Gasteiger partial charge in [-0.1, -0.05) is 12.2 Å². The zero-order chi connectivity index (χ0) is 16.6. The van der Waals surface area contributed by atoms with Gasteiger partial charge in [-0.2, -0.15) is 0 Å². The minimum Gasteiger partial charge on any atom is -0.274 e. The summed E-state index contributed by atoms with van der Waals surface area (Å²) in [5.41, 5.74) is -1.27. The number of hydrogen-bond donors (Lipinski definition) is 0. The van der Waals surface area contributed by atoms with Gasteiger partial charge in [-0.25, -0.2) is 22.5 Å². The third kappa shape index (κ3) is 1.70. The first-order valence-corrected chi connectivity index (χ1v) is 7.71. The van der Waals surface area contributed by atoms with Gasteiger partial charge in [-0.15, -0.1) is 0 Å². The van der Waals surface area contributed by atoms with Crippen molar-refractivity contribution in [3.05, 3.63) is 39.9 Å². The molecule has 8 heteroatoms. The molecule has 1 aromatic rings. The number of rotatable bonds is 1. The van der Waals surface area contributed by atoms with Gasteiger partial charge in [-0.05, 0) is 34.2 Å². The molecule has 1 aliphatic heterocycles. The smallest absolute Gasteiger partial charge is 0.238 e. The van der Waals surface area contributed by atoms with Gasteiger partial charge in [0.15, 0.2) is 23.3 Å². The van der Waals surface area contributed by atoms with Gasteiger partial charge < -0.3 is 0 Å². The molecular formula is C15H8BrF4NO2. The molecule has 2 amide bonds. The Morgan fingerprint density at radius 3 is 1.74 bits per heavy atom. The van der Waals surface area contributed by atoms with E-state index in [2.05, 4.69) is 15.9 Å². The Morgan fingerprint density at radius 1 is 0.870 bits per heavy atom. The summed E-state index contributed by atoms with van der Waals surface area (Å²) in [6.07, 6.45) is 4.24. The van der Waals surface area contributed by atoms with Crippen LogP contribution in [0.25, 0.3) is 0 Å². The fraction of sp³-hybridized carbons (Fsp3) is 0.333. The van der Waals surface area contributed by atoms with Crippen molar-refractivity contribution in [3.8, 4) is 0 Å². The maximum absolute atomic E-state index is 14.1. The summed E-state index contributed by atoms with van der Waals surface area (Å²) in [6.45, 7) is 0. The number of nitrogens with zero attached hydrogens (tertiary/aromatic N) is 1. The van der Waals surface area contributed by atoms with Crippen molar-refractivity contribution in [1.82, 2.24) is 0 Å². The molecule has 1 aromatic carbocycles. The molecule has 2 bridgehead atoms. The first-order chi connectivity index (χ1) is 10.8. The van der Waals surface area contributed by atoms with E-state index in [1.807, 2.05) is 0 Å². The van der Waals surface area contributed by atoms with E-state index in [9.17, 15) is 27.2 Å². The quantitative estimate of drug-likeness (QED) is 0.243. The van der Waals surface area contributed by atoms with Gasteiger partial charge >= 0.3 is 0 Å². The van der Waals surface area contributed by atoms with Crippen LogP contribution in [0.3, 0.4) is 0 Å². The number of benzene rings is 1. The molecule has 2 aliphatic carbocycles. The maximum Gasteiger partial charge on any atom is 0.238 e. The maximum atomic E-state index is 14.1. The third-order valence-corrected chi connectivity index (χ3v) is 5.58. The predicted molar refractivity (Wildman–Crippen MR) is 74.2 cm³/mol. The molecule has 4 atom stereocenters. The van der Waals surface area contributed by atoms with Gasteiger partial charge in [0.05, 0.1) is 16.3 Å². The highest BCUT2D eigenvalue weighted by Gasteiger charge is 2.60. The molecule has 0 spiro atoms. The molecule has 4 unspecified atom stereocenters. The Labute approximate surface area is 136 Å². The number of anilines is 1. The van der Waals surface area contributed by atoms with Crippen molar-refractivity contribution in [2.45, 2.75) is 6.42 Å². The molecule has 1 saturated heterocycles. The number of carbonyl (C=O) groups excluding carboxylic acids is 2. The van der Waals surface area contributed by atoms with Gasteiger partial charge in [0.25, 0.3) is 0 Å². The largest absolute Gasteiger partial charge is 0.274 e. The Balaban J connectivity index is 1.88. The average molecular weight is 390 g/mol. The molecule has 3 nitrogen and oxygen atoms in total. The number of halogens is 5. The normalized spacial score (nSPS) is 31.4. The number of allylic oxidation sites excluding steroid dienone is 2. The standard InChI is InChI=1S/C15H8BrF4NO2/c16-8-9(17)11(19)13(12(20)10(8)18)21-14(22)6-4-1-2-5(3-4)7(6)15(21)23/h1-2,4-7H,3H2. The highest BCUT2D eigenvalue weighted by atomic mass is 79.9. The molecule has 120 valence electrons. The zero-order valence-corrected chi connectivity index (χ0v) is 12.9. The summed E-state index contributed by atoms with van der Waals surface area (Å²) in [5.74, 6) is -10.3. The van der Waals surface area contributed by atoms with E-state index in [0.29, 0.717) is 6.42 Å². The molecule has 0 N–H and O–H groups in total. The van der Waals surface area contributed by atoms with E-state index in [-0.39, 0.29) is 16.7 Å². The Hall–Kier alpha value is -1.70. The van der Waals surface area contributed by atoms with Crippen molar-refractivity contribution < 1.29 is 27.2 Å². The topological polar surface area (TPSA) is 37.4 Å². The fourth-order valence-electron chi connectivity index (χ4n) is 3.91.